The number of nitrogens with one attached hydrogen (secondary N) is 2. The van der Waals surface area contributed by atoms with Gasteiger partial charge in [-0.05, 0) is 37.7 Å². The Hall–Kier alpha value is -2.47. The Morgan fingerprint density at radius 2 is 1.96 bits per heavy atom. The second-order valence-electron chi connectivity index (χ2n) is 6.19. The number of aromatic nitrogens is 2. The van der Waals surface area contributed by atoms with Crippen molar-refractivity contribution in [3.8, 4) is 0 Å². The summed E-state index contributed by atoms with van der Waals surface area (Å²) in [5, 5.41) is 6.07. The first-order chi connectivity index (χ1) is 11.5. The fourth-order valence-corrected chi connectivity index (χ4v) is 2.26. The molecule has 1 amide bonds. The van der Waals surface area contributed by atoms with Crippen LogP contribution in [-0.2, 0) is 0 Å². The highest BCUT2D eigenvalue weighted by Crippen LogP contribution is 2.25. The molecule has 0 bridgehead atoms. The lowest BCUT2D eigenvalue weighted by atomic mass is 10.0. The van der Waals surface area contributed by atoms with Crippen LogP contribution in [0.4, 0.5) is 11.6 Å². The number of rotatable bonds is 7. The van der Waals surface area contributed by atoms with E-state index in [1.807, 2.05) is 37.2 Å². The van der Waals surface area contributed by atoms with Crippen molar-refractivity contribution in [3.63, 3.8) is 0 Å². The maximum absolute atomic E-state index is 12.2. The quantitative estimate of drug-likeness (QED) is 0.818. The Morgan fingerprint density at radius 1 is 1.21 bits per heavy atom. The van der Waals surface area contributed by atoms with E-state index in [9.17, 15) is 4.79 Å². The summed E-state index contributed by atoms with van der Waals surface area (Å²) < 4.78 is 0. The zero-order valence-corrected chi connectivity index (χ0v) is 14.7. The Morgan fingerprint density at radius 3 is 2.67 bits per heavy atom. The molecule has 2 rings (SSSR count). The minimum Gasteiger partial charge on any atom is -0.349 e. The third-order valence-corrected chi connectivity index (χ3v) is 3.56. The summed E-state index contributed by atoms with van der Waals surface area (Å²) in [4.78, 5) is 22.7. The number of carbonyl (C=O) groups is 1. The molecule has 24 heavy (non-hydrogen) atoms. The topological polar surface area (TPSA) is 70.2 Å². The van der Waals surface area contributed by atoms with Crippen LogP contribution in [0.25, 0.3) is 0 Å². The normalized spacial score (nSPS) is 10.9. The lowest BCUT2D eigenvalue weighted by Gasteiger charge is -2.14. The molecule has 6 nitrogen and oxygen atoms in total. The first-order valence-electron chi connectivity index (χ1n) is 8.09. The van der Waals surface area contributed by atoms with Crippen molar-refractivity contribution in [1.82, 2.24) is 20.2 Å². The third kappa shape index (κ3) is 5.03. The van der Waals surface area contributed by atoms with Gasteiger partial charge in [0.2, 0.25) is 5.95 Å². The zero-order chi connectivity index (χ0) is 17.5. The molecular weight excluding hydrogens is 302 g/mol. The van der Waals surface area contributed by atoms with Crippen LogP contribution in [0.5, 0.6) is 0 Å². The van der Waals surface area contributed by atoms with Gasteiger partial charge in [0.1, 0.15) is 5.69 Å². The van der Waals surface area contributed by atoms with E-state index in [0.29, 0.717) is 24.1 Å². The van der Waals surface area contributed by atoms with E-state index in [1.54, 1.807) is 12.3 Å². The highest BCUT2D eigenvalue weighted by molar-refractivity contribution is 5.92. The molecule has 0 saturated heterocycles. The number of anilines is 2. The molecule has 0 aliphatic heterocycles. The van der Waals surface area contributed by atoms with Crippen molar-refractivity contribution in [2.24, 2.45) is 0 Å². The van der Waals surface area contributed by atoms with Gasteiger partial charge in [-0.15, -0.1) is 0 Å². The van der Waals surface area contributed by atoms with E-state index in [2.05, 4.69) is 40.5 Å². The third-order valence-electron chi connectivity index (χ3n) is 3.56. The molecule has 0 fully saturated rings. The summed E-state index contributed by atoms with van der Waals surface area (Å²) in [6.07, 6.45) is 1.59. The molecule has 6 heteroatoms. The van der Waals surface area contributed by atoms with Gasteiger partial charge in [0, 0.05) is 25.0 Å². The highest BCUT2D eigenvalue weighted by atomic mass is 16.1. The maximum Gasteiger partial charge on any atom is 0.270 e. The van der Waals surface area contributed by atoms with Gasteiger partial charge in [0.25, 0.3) is 5.91 Å². The van der Waals surface area contributed by atoms with Crippen molar-refractivity contribution in [3.05, 3.63) is 47.8 Å². The Balaban J connectivity index is 2.09. The van der Waals surface area contributed by atoms with E-state index >= 15 is 0 Å². The molecule has 0 spiro atoms. The average molecular weight is 327 g/mol. The van der Waals surface area contributed by atoms with Crippen molar-refractivity contribution in [2.45, 2.75) is 19.8 Å². The molecule has 0 aliphatic rings. The summed E-state index contributed by atoms with van der Waals surface area (Å²) in [6.45, 7) is 5.63. The van der Waals surface area contributed by atoms with Crippen molar-refractivity contribution >= 4 is 17.5 Å². The largest absolute Gasteiger partial charge is 0.349 e. The molecule has 0 radical (unpaired) electrons. The minimum atomic E-state index is -0.195. The summed E-state index contributed by atoms with van der Waals surface area (Å²) in [6, 6.07) is 9.65. The molecule has 128 valence electrons. The number of carbonyl (C=O) groups excluding carboxylic acids is 1. The van der Waals surface area contributed by atoms with Gasteiger partial charge >= 0.3 is 0 Å². The van der Waals surface area contributed by atoms with Crippen molar-refractivity contribution in [1.29, 1.82) is 0 Å². The maximum atomic E-state index is 12.2. The van der Waals surface area contributed by atoms with Gasteiger partial charge in [-0.2, -0.15) is 0 Å². The minimum absolute atomic E-state index is 0.195. The Bertz CT molecular complexity index is 685. The predicted molar refractivity (Wildman–Crippen MR) is 96.7 cm³/mol. The molecule has 1 aromatic heterocycles. The second-order valence-corrected chi connectivity index (χ2v) is 6.19. The van der Waals surface area contributed by atoms with Gasteiger partial charge in [-0.25, -0.2) is 9.97 Å². The van der Waals surface area contributed by atoms with Crippen LogP contribution >= 0.6 is 0 Å². The van der Waals surface area contributed by atoms with Gasteiger partial charge in [0.15, 0.2) is 0 Å². The number of likely N-dealkylation sites (N-methyl/N-ethyl adjacent to an activating group) is 1. The van der Waals surface area contributed by atoms with Crippen molar-refractivity contribution < 1.29 is 4.79 Å². The lowest BCUT2D eigenvalue weighted by Crippen LogP contribution is -2.31. The standard InChI is InChI=1S/C18H25N5O/c1-13(2)14-7-5-6-8-15(14)21-18-20-10-9-16(22-18)17(24)19-11-12-23(3)4/h5-10,13H,11-12H2,1-4H3,(H,19,24)(H,20,21,22). The smallest absolute Gasteiger partial charge is 0.270 e. The zero-order valence-electron chi connectivity index (χ0n) is 14.7. The Kier molecular flexibility index (Phi) is 6.26. The first kappa shape index (κ1) is 17.9. The molecular formula is C18H25N5O. The molecule has 0 saturated carbocycles. The fourth-order valence-electron chi connectivity index (χ4n) is 2.26. The molecule has 0 aliphatic carbocycles. The van der Waals surface area contributed by atoms with Crippen LogP contribution in [0.1, 0.15) is 35.8 Å². The number of benzene rings is 1. The van der Waals surface area contributed by atoms with E-state index in [1.165, 1.54) is 5.56 Å². The number of nitrogens with zero attached hydrogens (tertiary/aromatic N) is 3. The number of amides is 1. The second kappa shape index (κ2) is 8.40. The average Bonchev–Trinajstić information content (AvgIpc) is 2.55. The van der Waals surface area contributed by atoms with Gasteiger partial charge < -0.3 is 15.5 Å². The molecule has 1 heterocycles. The molecule has 2 N–H and O–H groups in total. The predicted octanol–water partition coefficient (Wildman–Crippen LogP) is 2.64. The number of para-hydroxylation sites is 1. The van der Waals surface area contributed by atoms with E-state index < -0.39 is 0 Å². The van der Waals surface area contributed by atoms with Crippen LogP contribution in [0.15, 0.2) is 36.5 Å². The summed E-state index contributed by atoms with van der Waals surface area (Å²) >= 11 is 0. The fraction of sp³-hybridized carbons (Fsp3) is 0.389. The lowest BCUT2D eigenvalue weighted by molar-refractivity contribution is 0.0946. The summed E-state index contributed by atoms with van der Waals surface area (Å²) in [7, 11) is 3.93. The summed E-state index contributed by atoms with van der Waals surface area (Å²) in [5.74, 6) is 0.606. The van der Waals surface area contributed by atoms with Crippen LogP contribution in [0.3, 0.4) is 0 Å². The molecule has 1 aromatic carbocycles. The molecule has 2 aromatic rings. The number of hydrogen-bond donors (Lipinski definition) is 2. The van der Waals surface area contributed by atoms with Gasteiger partial charge in [-0.3, -0.25) is 4.79 Å². The van der Waals surface area contributed by atoms with E-state index in [-0.39, 0.29) is 5.91 Å². The molecule has 0 unspecified atom stereocenters. The Labute approximate surface area is 143 Å². The van der Waals surface area contributed by atoms with Crippen LogP contribution in [0, 0.1) is 0 Å². The van der Waals surface area contributed by atoms with Crippen LogP contribution in [0.2, 0.25) is 0 Å². The van der Waals surface area contributed by atoms with Crippen LogP contribution in [-0.4, -0.2) is 48.0 Å². The summed E-state index contributed by atoms with van der Waals surface area (Å²) in [5.41, 5.74) is 2.49. The number of hydrogen-bond acceptors (Lipinski definition) is 5. The highest BCUT2D eigenvalue weighted by Gasteiger charge is 2.10. The SMILES string of the molecule is CC(C)c1ccccc1Nc1nccc(C(=O)NCCN(C)C)n1. The van der Waals surface area contributed by atoms with E-state index in [0.717, 1.165) is 12.2 Å². The van der Waals surface area contributed by atoms with E-state index in [4.69, 9.17) is 0 Å². The van der Waals surface area contributed by atoms with Gasteiger partial charge in [0.05, 0.1) is 0 Å². The monoisotopic (exact) mass is 327 g/mol. The van der Waals surface area contributed by atoms with Gasteiger partial charge in [-0.1, -0.05) is 32.0 Å². The molecule has 0 atom stereocenters. The van der Waals surface area contributed by atoms with Crippen molar-refractivity contribution in [2.75, 3.05) is 32.5 Å². The van der Waals surface area contributed by atoms with Crippen LogP contribution < -0.4 is 10.6 Å². The first-order valence-corrected chi connectivity index (χ1v) is 8.09.